The normalized spacial score (nSPS) is 12.0. The zero-order valence-electron chi connectivity index (χ0n) is 5.49. The predicted octanol–water partition coefficient (Wildman–Crippen LogP) is 2.56. The Morgan fingerprint density at radius 2 is 1.71 bits per heavy atom. The van der Waals surface area contributed by atoms with Crippen molar-refractivity contribution in [3.63, 3.8) is 0 Å². The summed E-state index contributed by atoms with van der Waals surface area (Å²) in [7, 11) is 0. The molecule has 0 aliphatic rings. The summed E-state index contributed by atoms with van der Waals surface area (Å²) in [5, 5.41) is 0. The molecule has 0 amide bonds. The molecule has 0 N–H and O–H groups in total. The summed E-state index contributed by atoms with van der Waals surface area (Å²) < 4.78 is 0. The van der Waals surface area contributed by atoms with Crippen LogP contribution in [0.15, 0.2) is 0 Å². The van der Waals surface area contributed by atoms with E-state index >= 15 is 0 Å². The highest BCUT2D eigenvalue weighted by molar-refractivity contribution is 8.00. The third kappa shape index (κ3) is 6.35. The minimum Gasteiger partial charge on any atom is -0.160 e. The fourth-order valence-electron chi connectivity index (χ4n) is 0.354. The molecule has 0 bridgehead atoms. The summed E-state index contributed by atoms with van der Waals surface area (Å²) in [6.07, 6.45) is 2.09. The Kier molecular flexibility index (Phi) is 2.74. The van der Waals surface area contributed by atoms with Crippen LogP contribution in [0.4, 0.5) is 0 Å². The van der Waals surface area contributed by atoms with Crippen molar-refractivity contribution in [2.45, 2.75) is 20.8 Å². The van der Waals surface area contributed by atoms with Crippen LogP contribution in [0.25, 0.3) is 0 Å². The molecule has 1 heteroatoms. The molecule has 0 heterocycles. The molecule has 0 saturated carbocycles. The van der Waals surface area contributed by atoms with E-state index in [1.54, 1.807) is 11.8 Å². The average Bonchev–Trinajstić information content (AvgIpc) is 1.30. The molecule has 0 aromatic heterocycles. The van der Waals surface area contributed by atoms with E-state index in [4.69, 9.17) is 0 Å². The molecule has 0 atom stereocenters. The number of thioether (sulfide) groups is 1. The molecular weight excluding hydrogens is 104 g/mol. The van der Waals surface area contributed by atoms with Crippen LogP contribution in [-0.2, 0) is 0 Å². The van der Waals surface area contributed by atoms with Crippen LogP contribution >= 0.6 is 11.8 Å². The Labute approximate surface area is 50.7 Å². The maximum absolute atomic E-state index is 2.23. The third-order valence-electron chi connectivity index (χ3n) is 0.471. The van der Waals surface area contributed by atoms with Crippen LogP contribution in [0.1, 0.15) is 20.8 Å². The van der Waals surface area contributed by atoms with Crippen LogP contribution in [0, 0.1) is 11.2 Å². The Morgan fingerprint density at radius 3 is 1.71 bits per heavy atom. The van der Waals surface area contributed by atoms with Gasteiger partial charge in [-0.2, -0.15) is 11.8 Å². The summed E-state index contributed by atoms with van der Waals surface area (Å²) in [4.78, 5) is 0. The van der Waals surface area contributed by atoms with E-state index in [0.29, 0.717) is 5.41 Å². The summed E-state index contributed by atoms with van der Waals surface area (Å²) in [6.45, 7) is 6.59. The van der Waals surface area contributed by atoms with Crippen molar-refractivity contribution in [1.82, 2.24) is 0 Å². The average molecular weight is 117 g/mol. The van der Waals surface area contributed by atoms with Gasteiger partial charge >= 0.3 is 0 Å². The van der Waals surface area contributed by atoms with Gasteiger partial charge in [0.1, 0.15) is 0 Å². The monoisotopic (exact) mass is 117 g/mol. The van der Waals surface area contributed by atoms with Gasteiger partial charge in [-0.25, -0.2) is 0 Å². The van der Waals surface area contributed by atoms with Crippen molar-refractivity contribution in [2.75, 3.05) is 6.26 Å². The van der Waals surface area contributed by atoms with Gasteiger partial charge in [0, 0.05) is 5.75 Å². The van der Waals surface area contributed by atoms with Crippen molar-refractivity contribution in [2.24, 2.45) is 5.41 Å². The Morgan fingerprint density at radius 1 is 1.29 bits per heavy atom. The molecule has 0 nitrogen and oxygen atoms in total. The molecule has 1 radical (unpaired) electrons. The highest BCUT2D eigenvalue weighted by Gasteiger charge is 2.07. The van der Waals surface area contributed by atoms with Gasteiger partial charge < -0.3 is 0 Å². The van der Waals surface area contributed by atoms with E-state index in [1.807, 2.05) is 0 Å². The van der Waals surface area contributed by atoms with Gasteiger partial charge in [0.2, 0.25) is 0 Å². The molecule has 0 aliphatic carbocycles. The highest BCUT2D eigenvalue weighted by Crippen LogP contribution is 2.23. The second-order valence-corrected chi connectivity index (χ2v) is 3.43. The van der Waals surface area contributed by atoms with Crippen molar-refractivity contribution in [3.05, 3.63) is 5.75 Å². The molecule has 0 saturated heterocycles. The fourth-order valence-corrected chi connectivity index (χ4v) is 1.06. The lowest BCUT2D eigenvalue weighted by Crippen LogP contribution is -2.01. The van der Waals surface area contributed by atoms with Crippen molar-refractivity contribution in [3.8, 4) is 0 Å². The molecule has 43 valence electrons. The minimum atomic E-state index is 0.388. The maximum atomic E-state index is 2.23. The SMILES string of the molecule is CS[CH]C(C)(C)C. The molecular formula is C6H13S. The highest BCUT2D eigenvalue weighted by atomic mass is 32.2. The maximum Gasteiger partial charge on any atom is 0.0217 e. The van der Waals surface area contributed by atoms with Gasteiger partial charge in [-0.1, -0.05) is 20.8 Å². The molecule has 0 aromatic carbocycles. The first kappa shape index (κ1) is 7.35. The van der Waals surface area contributed by atoms with Crippen LogP contribution in [0.2, 0.25) is 0 Å². The first-order valence-corrected chi connectivity index (χ1v) is 3.72. The molecule has 0 unspecified atom stereocenters. The number of rotatable bonds is 1. The van der Waals surface area contributed by atoms with Gasteiger partial charge in [-0.15, -0.1) is 0 Å². The molecule has 0 rings (SSSR count). The van der Waals surface area contributed by atoms with Gasteiger partial charge in [-0.05, 0) is 11.7 Å². The second-order valence-electron chi connectivity index (χ2n) is 2.72. The van der Waals surface area contributed by atoms with E-state index in [-0.39, 0.29) is 0 Å². The predicted molar refractivity (Wildman–Crippen MR) is 37.3 cm³/mol. The minimum absolute atomic E-state index is 0.388. The van der Waals surface area contributed by atoms with E-state index < -0.39 is 0 Å². The number of hydrogen-bond donors (Lipinski definition) is 0. The topological polar surface area (TPSA) is 0 Å². The van der Waals surface area contributed by atoms with Crippen LogP contribution in [-0.4, -0.2) is 6.26 Å². The first-order chi connectivity index (χ1) is 3.06. The van der Waals surface area contributed by atoms with Gasteiger partial charge in [0.05, 0.1) is 0 Å². The van der Waals surface area contributed by atoms with Gasteiger partial charge in [0.15, 0.2) is 0 Å². The lowest BCUT2D eigenvalue weighted by atomic mass is 10.0. The van der Waals surface area contributed by atoms with E-state index in [0.717, 1.165) is 0 Å². The van der Waals surface area contributed by atoms with Gasteiger partial charge in [0.25, 0.3) is 0 Å². The van der Waals surface area contributed by atoms with E-state index in [2.05, 4.69) is 32.8 Å². The summed E-state index contributed by atoms with van der Waals surface area (Å²) >= 11 is 1.78. The van der Waals surface area contributed by atoms with Gasteiger partial charge in [-0.3, -0.25) is 0 Å². The Balaban J connectivity index is 3.15. The van der Waals surface area contributed by atoms with Crippen molar-refractivity contribution in [1.29, 1.82) is 0 Å². The summed E-state index contributed by atoms with van der Waals surface area (Å²) in [5.41, 5.74) is 0.388. The molecule has 7 heavy (non-hydrogen) atoms. The van der Waals surface area contributed by atoms with Crippen LogP contribution in [0.5, 0.6) is 0 Å². The Hall–Kier alpha value is 0.350. The lowest BCUT2D eigenvalue weighted by molar-refractivity contribution is 0.527. The van der Waals surface area contributed by atoms with Crippen molar-refractivity contribution >= 4 is 11.8 Å². The lowest BCUT2D eigenvalue weighted by Gasteiger charge is -2.14. The van der Waals surface area contributed by atoms with E-state index in [1.165, 1.54) is 0 Å². The number of hydrogen-bond acceptors (Lipinski definition) is 1. The largest absolute Gasteiger partial charge is 0.160 e. The third-order valence-corrected chi connectivity index (χ3v) is 1.41. The summed E-state index contributed by atoms with van der Waals surface area (Å²) in [6, 6.07) is 0. The van der Waals surface area contributed by atoms with Crippen molar-refractivity contribution < 1.29 is 0 Å². The van der Waals surface area contributed by atoms with E-state index in [9.17, 15) is 0 Å². The Bertz CT molecular complexity index is 42.6. The smallest absolute Gasteiger partial charge is 0.0217 e. The second kappa shape index (κ2) is 2.61. The zero-order valence-corrected chi connectivity index (χ0v) is 6.30. The molecule has 0 fully saturated rings. The summed E-state index contributed by atoms with van der Waals surface area (Å²) in [5.74, 6) is 2.23. The fraction of sp³-hybridized carbons (Fsp3) is 0.833. The molecule has 0 aromatic rings. The molecule has 0 aliphatic heterocycles. The zero-order chi connectivity index (χ0) is 5.91. The molecule has 0 spiro atoms. The van der Waals surface area contributed by atoms with Crippen LogP contribution in [0.3, 0.4) is 0 Å². The quantitative estimate of drug-likeness (QED) is 0.508. The first-order valence-electron chi connectivity index (χ1n) is 2.43. The standard InChI is InChI=1S/C6H13S/c1-6(2,3)5-7-4/h5H,1-4H3. The van der Waals surface area contributed by atoms with Crippen LogP contribution < -0.4 is 0 Å².